The Bertz CT molecular complexity index is 1460. The molecule has 10 nitrogen and oxygen atoms in total. The highest BCUT2D eigenvalue weighted by Crippen LogP contribution is 2.31. The third kappa shape index (κ3) is 11.3. The van der Waals surface area contributed by atoms with Crippen molar-refractivity contribution in [2.75, 3.05) is 27.4 Å². The molecule has 232 valence electrons. The molecule has 0 spiro atoms. The zero-order valence-electron chi connectivity index (χ0n) is 25.3. The average Bonchev–Trinajstić information content (AvgIpc) is 3.01. The van der Waals surface area contributed by atoms with Crippen LogP contribution in [-0.2, 0) is 19.2 Å². The Kier molecular flexibility index (Phi) is 14.8. The van der Waals surface area contributed by atoms with Crippen molar-refractivity contribution in [3.63, 3.8) is 0 Å². The summed E-state index contributed by atoms with van der Waals surface area (Å²) in [6.07, 6.45) is -0.0681. The maximum Gasteiger partial charge on any atom is 0.433 e. The summed E-state index contributed by atoms with van der Waals surface area (Å²) in [5.41, 5.74) is 1.36. The largest absolute Gasteiger partial charge is 0.457 e. The summed E-state index contributed by atoms with van der Waals surface area (Å²) in [5, 5.41) is 16.0. The van der Waals surface area contributed by atoms with Crippen LogP contribution in [0.4, 0.5) is 4.79 Å². The van der Waals surface area contributed by atoms with E-state index in [9.17, 15) is 19.6 Å². The van der Waals surface area contributed by atoms with Crippen molar-refractivity contribution in [1.29, 1.82) is 5.26 Å². The van der Waals surface area contributed by atoms with Crippen LogP contribution in [0.15, 0.2) is 84.0 Å². The summed E-state index contributed by atoms with van der Waals surface area (Å²) >= 11 is 7.08. The number of nitrogens with zero attached hydrogens (tertiary/aromatic N) is 3. The molecule has 0 aliphatic rings. The van der Waals surface area contributed by atoms with Gasteiger partial charge in [0.25, 0.3) is 5.91 Å². The summed E-state index contributed by atoms with van der Waals surface area (Å²) in [6, 6.07) is 25.5. The fourth-order valence-corrected chi connectivity index (χ4v) is 4.27. The van der Waals surface area contributed by atoms with Crippen LogP contribution in [0.1, 0.15) is 37.0 Å². The predicted octanol–water partition coefficient (Wildman–Crippen LogP) is 6.79. The van der Waals surface area contributed by atoms with Gasteiger partial charge in [-0.25, -0.2) is 4.79 Å². The molecule has 1 N–H and O–H groups in total. The fourth-order valence-electron chi connectivity index (χ4n) is 3.67. The van der Waals surface area contributed by atoms with Crippen LogP contribution in [0.2, 0.25) is 5.02 Å². The number of hydrogen-bond acceptors (Lipinski definition) is 9. The van der Waals surface area contributed by atoms with Gasteiger partial charge in [0.05, 0.1) is 5.92 Å². The maximum atomic E-state index is 13.0. The smallest absolute Gasteiger partial charge is 0.433 e. The standard InChI is InChI=1S/C25H22ClNO3.C7H13N3O3S/c1-17(2)24(18-11-13-20(26)14-12-18)25(28)30-23(16-27)19-7-6-10-22(15-19)29-21-8-4-3-5-9-21;1-8-7(12)13-9-5(14-4)6(11)10(2)3/h3-15,17,23-24H,1-2H3;1-4H3,(H,8,12). The Morgan fingerprint density at radius 2 is 1.59 bits per heavy atom. The Balaban J connectivity index is 0.000000408. The molecule has 0 saturated heterocycles. The molecule has 0 heterocycles. The van der Waals surface area contributed by atoms with Crippen LogP contribution in [0.5, 0.6) is 11.5 Å². The van der Waals surface area contributed by atoms with Crippen LogP contribution in [0, 0.1) is 17.2 Å². The van der Waals surface area contributed by atoms with Gasteiger partial charge >= 0.3 is 12.1 Å². The lowest BCUT2D eigenvalue weighted by atomic mass is 9.88. The lowest BCUT2D eigenvalue weighted by molar-refractivity contribution is -0.150. The number of nitriles is 1. The molecule has 3 rings (SSSR count). The lowest BCUT2D eigenvalue weighted by Crippen LogP contribution is -2.28. The summed E-state index contributed by atoms with van der Waals surface area (Å²) in [7, 11) is 4.59. The van der Waals surface area contributed by atoms with Crippen molar-refractivity contribution < 1.29 is 28.7 Å². The second-order valence-electron chi connectivity index (χ2n) is 9.64. The molecular weight excluding hydrogens is 604 g/mol. The summed E-state index contributed by atoms with van der Waals surface area (Å²) in [6.45, 7) is 3.88. The molecule has 3 aromatic carbocycles. The van der Waals surface area contributed by atoms with Crippen molar-refractivity contribution in [1.82, 2.24) is 10.2 Å². The quantitative estimate of drug-likeness (QED) is 0.0939. The average molecular weight is 639 g/mol. The Hall–Kier alpha value is -4.53. The minimum Gasteiger partial charge on any atom is -0.457 e. The number of ether oxygens (including phenoxy) is 2. The molecule has 3 aromatic rings. The number of hydrogen-bond donors (Lipinski definition) is 1. The van der Waals surface area contributed by atoms with Gasteiger partial charge in [-0.15, -0.1) is 11.8 Å². The number of para-hydroxylation sites is 1. The van der Waals surface area contributed by atoms with Crippen molar-refractivity contribution >= 4 is 46.4 Å². The van der Waals surface area contributed by atoms with E-state index in [4.69, 9.17) is 21.1 Å². The van der Waals surface area contributed by atoms with Crippen molar-refractivity contribution in [3.05, 3.63) is 95.0 Å². The molecule has 0 bridgehead atoms. The number of carbonyl (C=O) groups excluding carboxylic acids is 3. The van der Waals surface area contributed by atoms with Crippen molar-refractivity contribution in [2.45, 2.75) is 25.9 Å². The highest BCUT2D eigenvalue weighted by Gasteiger charge is 2.29. The molecule has 2 unspecified atom stereocenters. The minimum absolute atomic E-state index is 0.00855. The second-order valence-corrected chi connectivity index (χ2v) is 10.9. The molecule has 0 saturated carbocycles. The molecule has 2 atom stereocenters. The minimum atomic E-state index is -1.04. The van der Waals surface area contributed by atoms with Gasteiger partial charge in [0.1, 0.15) is 17.6 Å². The van der Waals surface area contributed by atoms with E-state index < -0.39 is 24.1 Å². The van der Waals surface area contributed by atoms with Gasteiger partial charge in [-0.2, -0.15) is 5.26 Å². The van der Waals surface area contributed by atoms with Crippen molar-refractivity contribution in [2.24, 2.45) is 11.1 Å². The van der Waals surface area contributed by atoms with Crippen LogP contribution in [-0.4, -0.2) is 55.3 Å². The Labute approximate surface area is 266 Å². The number of thioether (sulfide) groups is 1. The zero-order chi connectivity index (χ0) is 32.6. The topological polar surface area (TPSA) is 130 Å². The van der Waals surface area contributed by atoms with Gasteiger partial charge in [0.15, 0.2) is 0 Å². The van der Waals surface area contributed by atoms with Gasteiger partial charge in [-0.1, -0.05) is 73.1 Å². The zero-order valence-corrected chi connectivity index (χ0v) is 26.9. The first-order valence-corrected chi connectivity index (χ1v) is 15.0. The highest BCUT2D eigenvalue weighted by molar-refractivity contribution is 8.15. The second kappa shape index (κ2) is 18.2. The van der Waals surface area contributed by atoms with E-state index in [1.807, 2.05) is 56.3 Å². The van der Waals surface area contributed by atoms with Gasteiger partial charge < -0.3 is 19.7 Å². The van der Waals surface area contributed by atoms with E-state index >= 15 is 0 Å². The van der Waals surface area contributed by atoms with Gasteiger partial charge in [0, 0.05) is 31.7 Å². The summed E-state index contributed by atoms with van der Waals surface area (Å²) in [4.78, 5) is 40.7. The number of nitrogens with one attached hydrogen (secondary N) is 1. The van der Waals surface area contributed by atoms with Crippen LogP contribution in [0.3, 0.4) is 0 Å². The van der Waals surface area contributed by atoms with E-state index in [-0.39, 0.29) is 16.9 Å². The van der Waals surface area contributed by atoms with E-state index in [0.717, 1.165) is 17.3 Å². The van der Waals surface area contributed by atoms with Crippen molar-refractivity contribution in [3.8, 4) is 17.6 Å². The molecule has 0 aliphatic heterocycles. The molecule has 0 radical (unpaired) electrons. The van der Waals surface area contributed by atoms with E-state index in [2.05, 4.69) is 21.4 Å². The molecule has 2 amide bonds. The van der Waals surface area contributed by atoms with Gasteiger partial charge in [-0.05, 0) is 54.1 Å². The number of oxime groups is 1. The lowest BCUT2D eigenvalue weighted by Gasteiger charge is -2.22. The van der Waals surface area contributed by atoms with E-state index in [0.29, 0.717) is 22.1 Å². The number of rotatable bonds is 8. The molecular formula is C32H35ClN4O6S. The number of esters is 1. The molecule has 0 aromatic heterocycles. The highest BCUT2D eigenvalue weighted by atomic mass is 35.5. The van der Waals surface area contributed by atoms with E-state index in [1.54, 1.807) is 56.7 Å². The first-order valence-electron chi connectivity index (χ1n) is 13.4. The molecule has 12 heteroatoms. The SMILES string of the molecule is CC(C)C(C(=O)OC(C#N)c1cccc(Oc2ccccc2)c1)c1ccc(Cl)cc1.CNC(=O)ON=C(SC)C(=O)N(C)C. The fraction of sp³-hybridized carbons (Fsp3) is 0.281. The van der Waals surface area contributed by atoms with Crippen LogP contribution >= 0.6 is 23.4 Å². The Morgan fingerprint density at radius 3 is 2.14 bits per heavy atom. The number of benzene rings is 3. The normalized spacial score (nSPS) is 12.0. The van der Waals surface area contributed by atoms with Crippen LogP contribution in [0.25, 0.3) is 0 Å². The monoisotopic (exact) mass is 638 g/mol. The predicted molar refractivity (Wildman–Crippen MR) is 172 cm³/mol. The molecule has 44 heavy (non-hydrogen) atoms. The number of halogens is 1. The van der Waals surface area contributed by atoms with E-state index in [1.165, 1.54) is 11.9 Å². The molecule has 0 aliphatic carbocycles. The molecule has 0 fully saturated rings. The first kappa shape index (κ1) is 35.7. The summed E-state index contributed by atoms with van der Waals surface area (Å²) in [5.74, 6) is -0.0156. The van der Waals surface area contributed by atoms with Gasteiger partial charge in [-0.3, -0.25) is 14.4 Å². The van der Waals surface area contributed by atoms with Gasteiger partial charge in [0.2, 0.25) is 11.1 Å². The van der Waals surface area contributed by atoms with Crippen LogP contribution < -0.4 is 10.1 Å². The Morgan fingerprint density at radius 1 is 0.955 bits per heavy atom. The third-order valence-corrected chi connectivity index (χ3v) is 6.73. The first-order chi connectivity index (χ1) is 21.0. The summed E-state index contributed by atoms with van der Waals surface area (Å²) < 4.78 is 11.4. The number of carbonyl (C=O) groups is 3. The number of amides is 2. The third-order valence-electron chi connectivity index (χ3n) is 5.84. The maximum absolute atomic E-state index is 13.0.